The quantitative estimate of drug-likeness (QED) is 0.622. The Hall–Kier alpha value is -1.89. The summed E-state index contributed by atoms with van der Waals surface area (Å²) in [6.07, 6.45) is 0.201. The first-order chi connectivity index (χ1) is 14.2. The van der Waals surface area contributed by atoms with Gasteiger partial charge < -0.3 is 19.5 Å². The molecule has 0 radical (unpaired) electrons. The zero-order valence-electron chi connectivity index (χ0n) is 17.6. The molecule has 2 aromatic rings. The van der Waals surface area contributed by atoms with E-state index in [1.807, 2.05) is 30.0 Å². The molecule has 1 N–H and O–H groups in total. The Balaban J connectivity index is 1.51. The normalized spacial score (nSPS) is 15.9. The zero-order valence-corrected chi connectivity index (χ0v) is 18.5. The molecule has 0 spiro atoms. The summed E-state index contributed by atoms with van der Waals surface area (Å²) in [7, 11) is 3.23. The van der Waals surface area contributed by atoms with E-state index in [1.165, 1.54) is 10.6 Å². The molecule has 0 aliphatic carbocycles. The summed E-state index contributed by atoms with van der Waals surface area (Å²) in [4.78, 5) is 6.29. The summed E-state index contributed by atoms with van der Waals surface area (Å²) in [6, 6.07) is 14.3. The first kappa shape index (κ1) is 21.8. The molecule has 5 nitrogen and oxygen atoms in total. The topological polar surface area (TPSA) is 45.2 Å². The van der Waals surface area contributed by atoms with Crippen molar-refractivity contribution in [1.82, 2.24) is 4.90 Å². The van der Waals surface area contributed by atoms with Gasteiger partial charge in [0.2, 0.25) is 0 Å². The Labute approximate surface area is 178 Å². The van der Waals surface area contributed by atoms with E-state index >= 15 is 0 Å². The van der Waals surface area contributed by atoms with Crippen LogP contribution in [-0.2, 0) is 0 Å². The molecule has 3 rings (SSSR count). The molecule has 158 valence electrons. The zero-order chi connectivity index (χ0) is 20.6. The van der Waals surface area contributed by atoms with Gasteiger partial charge >= 0.3 is 0 Å². The van der Waals surface area contributed by atoms with Crippen molar-refractivity contribution >= 4 is 17.4 Å². The van der Waals surface area contributed by atoms with E-state index in [-0.39, 0.29) is 0 Å². The highest BCUT2D eigenvalue weighted by molar-refractivity contribution is 7.99. The van der Waals surface area contributed by atoms with Gasteiger partial charge in [0.25, 0.3) is 0 Å². The van der Waals surface area contributed by atoms with Crippen LogP contribution in [0.1, 0.15) is 25.0 Å². The molecule has 0 bridgehead atoms. The van der Waals surface area contributed by atoms with E-state index in [0.29, 0.717) is 17.9 Å². The van der Waals surface area contributed by atoms with Gasteiger partial charge in [-0.1, -0.05) is 25.1 Å². The van der Waals surface area contributed by atoms with Crippen molar-refractivity contribution in [3.05, 3.63) is 48.0 Å². The fourth-order valence-electron chi connectivity index (χ4n) is 3.74. The first-order valence-corrected chi connectivity index (χ1v) is 11.2. The molecule has 1 saturated heterocycles. The summed E-state index contributed by atoms with van der Waals surface area (Å²) >= 11 is 1.91. The number of aliphatic hydroxyl groups is 1. The summed E-state index contributed by atoms with van der Waals surface area (Å²) < 4.78 is 10.6. The Morgan fingerprint density at radius 1 is 1.00 bits per heavy atom. The molecule has 0 amide bonds. The molecule has 1 aliphatic rings. The average Bonchev–Trinajstić information content (AvgIpc) is 2.78. The molecule has 1 atom stereocenters. The molecule has 6 heteroatoms. The summed E-state index contributed by atoms with van der Waals surface area (Å²) in [5.74, 6) is 2.42. The number of nitrogens with zero attached hydrogens (tertiary/aromatic N) is 2. The lowest BCUT2D eigenvalue weighted by atomic mass is 10.1. The van der Waals surface area contributed by atoms with Gasteiger partial charge in [-0.3, -0.25) is 4.90 Å². The largest absolute Gasteiger partial charge is 0.493 e. The second-order valence-corrected chi connectivity index (χ2v) is 8.45. The minimum absolute atomic E-state index is 0.505. The lowest BCUT2D eigenvalue weighted by Crippen LogP contribution is -2.47. The minimum Gasteiger partial charge on any atom is -0.493 e. The van der Waals surface area contributed by atoms with Crippen molar-refractivity contribution < 1.29 is 14.6 Å². The van der Waals surface area contributed by atoms with Crippen LogP contribution in [0.3, 0.4) is 0 Å². The van der Waals surface area contributed by atoms with Crippen molar-refractivity contribution in [2.45, 2.75) is 24.3 Å². The Kier molecular flexibility index (Phi) is 8.09. The maximum Gasteiger partial charge on any atom is 0.161 e. The third kappa shape index (κ3) is 5.59. The molecule has 29 heavy (non-hydrogen) atoms. The van der Waals surface area contributed by atoms with E-state index in [2.05, 4.69) is 41.0 Å². The van der Waals surface area contributed by atoms with Gasteiger partial charge in [-0.05, 0) is 42.0 Å². The number of hydrogen-bond donors (Lipinski definition) is 1. The monoisotopic (exact) mass is 416 g/mol. The van der Waals surface area contributed by atoms with Crippen LogP contribution in [0.4, 0.5) is 5.69 Å². The molecule has 1 fully saturated rings. The second-order valence-electron chi connectivity index (χ2n) is 7.15. The highest BCUT2D eigenvalue weighted by Crippen LogP contribution is 2.32. The van der Waals surface area contributed by atoms with Crippen molar-refractivity contribution in [3.8, 4) is 11.5 Å². The predicted octanol–water partition coefficient (Wildman–Crippen LogP) is 4.06. The summed E-state index contributed by atoms with van der Waals surface area (Å²) in [5, 5.41) is 10.6. The number of rotatable bonds is 9. The van der Waals surface area contributed by atoms with Crippen molar-refractivity contribution in [3.63, 3.8) is 0 Å². The number of hydrogen-bond acceptors (Lipinski definition) is 6. The van der Waals surface area contributed by atoms with E-state index in [1.54, 1.807) is 14.2 Å². The van der Waals surface area contributed by atoms with Gasteiger partial charge in [-0.25, -0.2) is 0 Å². The van der Waals surface area contributed by atoms with Crippen molar-refractivity contribution in [2.24, 2.45) is 0 Å². The maximum absolute atomic E-state index is 10.6. The third-order valence-corrected chi connectivity index (χ3v) is 6.33. The number of benzene rings is 2. The van der Waals surface area contributed by atoms with Crippen LogP contribution in [0.15, 0.2) is 47.4 Å². The molecule has 1 aliphatic heterocycles. The predicted molar refractivity (Wildman–Crippen MR) is 121 cm³/mol. The Morgan fingerprint density at radius 2 is 1.72 bits per heavy atom. The molecule has 0 saturated carbocycles. The van der Waals surface area contributed by atoms with Gasteiger partial charge in [-0.2, -0.15) is 0 Å². The van der Waals surface area contributed by atoms with Crippen LogP contribution in [0.2, 0.25) is 0 Å². The third-order valence-electron chi connectivity index (χ3n) is 5.39. The second kappa shape index (κ2) is 10.8. The van der Waals surface area contributed by atoms with E-state index < -0.39 is 6.10 Å². The van der Waals surface area contributed by atoms with Gasteiger partial charge in [0.1, 0.15) is 0 Å². The fraction of sp³-hybridized carbons (Fsp3) is 0.478. The lowest BCUT2D eigenvalue weighted by molar-refractivity contribution is 0.139. The number of ether oxygens (including phenoxy) is 2. The Morgan fingerprint density at radius 3 is 2.41 bits per heavy atom. The van der Waals surface area contributed by atoms with Crippen LogP contribution in [0, 0.1) is 0 Å². The van der Waals surface area contributed by atoms with Crippen LogP contribution in [0.25, 0.3) is 0 Å². The number of aliphatic hydroxyl groups excluding tert-OH is 1. The summed E-state index contributed by atoms with van der Waals surface area (Å²) in [5.41, 5.74) is 2.22. The van der Waals surface area contributed by atoms with Crippen LogP contribution in [-0.4, -0.2) is 62.7 Å². The van der Waals surface area contributed by atoms with E-state index in [0.717, 1.165) is 44.0 Å². The summed E-state index contributed by atoms with van der Waals surface area (Å²) in [6.45, 7) is 7.16. The molecular formula is C23H32N2O3S. The highest BCUT2D eigenvalue weighted by atomic mass is 32.2. The lowest BCUT2D eigenvalue weighted by Gasteiger charge is -2.37. The molecule has 0 aromatic heterocycles. The van der Waals surface area contributed by atoms with Crippen LogP contribution in [0.5, 0.6) is 11.5 Å². The van der Waals surface area contributed by atoms with E-state index in [4.69, 9.17) is 9.47 Å². The fourth-order valence-corrected chi connectivity index (χ4v) is 4.57. The number of thioether (sulfide) groups is 1. The molecule has 0 unspecified atom stereocenters. The standard InChI is InChI=1S/C23H32N2O3S/c1-4-29-23-8-6-5-7-19(23)25-15-13-24(14-16-25)12-11-20(26)18-9-10-21(27-2)22(17-18)28-3/h5-10,17,20,26H,4,11-16H2,1-3H3/t20-/m1/s1. The number of anilines is 1. The highest BCUT2D eigenvalue weighted by Gasteiger charge is 2.20. The molecule has 1 heterocycles. The van der Waals surface area contributed by atoms with Crippen LogP contribution >= 0.6 is 11.8 Å². The number of para-hydroxylation sites is 1. The SMILES string of the molecule is CCSc1ccccc1N1CCN(CC[C@@H](O)c2ccc(OC)c(OC)c2)CC1. The van der Waals surface area contributed by atoms with Gasteiger partial charge in [0.05, 0.1) is 26.0 Å². The van der Waals surface area contributed by atoms with Gasteiger partial charge in [-0.15, -0.1) is 11.8 Å². The molecule has 2 aromatic carbocycles. The smallest absolute Gasteiger partial charge is 0.161 e. The Bertz CT molecular complexity index is 778. The number of piperazine rings is 1. The van der Waals surface area contributed by atoms with Gasteiger partial charge in [0, 0.05) is 37.6 Å². The molecular weight excluding hydrogens is 384 g/mol. The van der Waals surface area contributed by atoms with Crippen LogP contribution < -0.4 is 14.4 Å². The number of methoxy groups -OCH3 is 2. The average molecular weight is 417 g/mol. The van der Waals surface area contributed by atoms with Crippen molar-refractivity contribution in [2.75, 3.05) is 57.6 Å². The van der Waals surface area contributed by atoms with Gasteiger partial charge in [0.15, 0.2) is 11.5 Å². The first-order valence-electron chi connectivity index (χ1n) is 10.2. The van der Waals surface area contributed by atoms with E-state index in [9.17, 15) is 5.11 Å². The maximum atomic E-state index is 10.6. The minimum atomic E-state index is -0.505. The van der Waals surface area contributed by atoms with Crippen molar-refractivity contribution in [1.29, 1.82) is 0 Å².